The van der Waals surface area contributed by atoms with E-state index in [-0.39, 0.29) is 23.7 Å². The standard InChI is InChI=1S/C24H21FN6O4S/c1-34-20-15-16(7-8-18(20)25)21-22(31-13-14-35-24(31)30-21)19-9-10-26-23(29-19)27-11-12-28-36(32,33)17-5-3-2-4-6-17/h2-10,13-15,28H,11-12H2,1H3,(H,26,27,29). The van der Waals surface area contributed by atoms with E-state index in [2.05, 4.69) is 25.0 Å². The van der Waals surface area contributed by atoms with Crippen LogP contribution in [0.4, 0.5) is 10.3 Å². The number of hydrogen-bond acceptors (Lipinski definition) is 8. The number of sulfonamides is 1. The van der Waals surface area contributed by atoms with E-state index in [9.17, 15) is 12.8 Å². The molecule has 5 rings (SSSR count). The van der Waals surface area contributed by atoms with Gasteiger partial charge in [0.15, 0.2) is 11.6 Å². The van der Waals surface area contributed by atoms with Gasteiger partial charge in [-0.15, -0.1) is 0 Å². The van der Waals surface area contributed by atoms with Crippen molar-refractivity contribution in [1.29, 1.82) is 0 Å². The Balaban J connectivity index is 1.38. The van der Waals surface area contributed by atoms with Gasteiger partial charge in [-0.1, -0.05) is 18.2 Å². The molecule has 36 heavy (non-hydrogen) atoms. The van der Waals surface area contributed by atoms with E-state index in [0.717, 1.165) is 0 Å². The molecular formula is C24H21FN6O4S. The Hall–Kier alpha value is -4.29. The first-order chi connectivity index (χ1) is 17.5. The second kappa shape index (κ2) is 9.76. The molecule has 5 aromatic rings. The lowest BCUT2D eigenvalue weighted by Crippen LogP contribution is -2.29. The number of hydrogen-bond donors (Lipinski definition) is 2. The second-order valence-corrected chi connectivity index (χ2v) is 9.38. The van der Waals surface area contributed by atoms with Crippen molar-refractivity contribution < 1.29 is 22.0 Å². The minimum absolute atomic E-state index is 0.0890. The molecule has 0 atom stereocenters. The Kier molecular flexibility index (Phi) is 6.36. The highest BCUT2D eigenvalue weighted by atomic mass is 32.2. The molecule has 0 saturated heterocycles. The van der Waals surface area contributed by atoms with Crippen LogP contribution < -0.4 is 14.8 Å². The number of nitrogens with one attached hydrogen (secondary N) is 2. The molecule has 0 amide bonds. The molecule has 184 valence electrons. The van der Waals surface area contributed by atoms with Gasteiger partial charge in [-0.05, 0) is 36.4 Å². The van der Waals surface area contributed by atoms with Crippen molar-refractivity contribution in [2.75, 3.05) is 25.5 Å². The zero-order valence-electron chi connectivity index (χ0n) is 19.1. The van der Waals surface area contributed by atoms with Crippen molar-refractivity contribution in [1.82, 2.24) is 24.1 Å². The summed E-state index contributed by atoms with van der Waals surface area (Å²) >= 11 is 0. The van der Waals surface area contributed by atoms with Crippen LogP contribution in [0.3, 0.4) is 0 Å². The zero-order valence-corrected chi connectivity index (χ0v) is 19.9. The molecule has 0 radical (unpaired) electrons. The van der Waals surface area contributed by atoms with Crippen LogP contribution in [0.1, 0.15) is 0 Å². The summed E-state index contributed by atoms with van der Waals surface area (Å²) in [5, 5.41) is 3.03. The average molecular weight is 509 g/mol. The lowest BCUT2D eigenvalue weighted by Gasteiger charge is -2.09. The summed E-state index contributed by atoms with van der Waals surface area (Å²) < 4.78 is 53.6. The second-order valence-electron chi connectivity index (χ2n) is 7.62. The number of imidazole rings is 1. The van der Waals surface area contributed by atoms with Gasteiger partial charge < -0.3 is 14.5 Å². The van der Waals surface area contributed by atoms with Gasteiger partial charge in [0.1, 0.15) is 17.7 Å². The zero-order chi connectivity index (χ0) is 25.1. The third-order valence-electron chi connectivity index (χ3n) is 5.34. The molecule has 0 aliphatic carbocycles. The van der Waals surface area contributed by atoms with Crippen LogP contribution in [0, 0.1) is 5.82 Å². The highest BCUT2D eigenvalue weighted by Crippen LogP contribution is 2.34. The summed E-state index contributed by atoms with van der Waals surface area (Å²) in [5.74, 6) is 0.243. The molecule has 0 saturated carbocycles. The molecular weight excluding hydrogens is 487 g/mol. The lowest BCUT2D eigenvalue weighted by atomic mass is 10.1. The van der Waals surface area contributed by atoms with Crippen molar-refractivity contribution in [2.24, 2.45) is 0 Å². The maximum atomic E-state index is 14.0. The molecule has 3 heterocycles. The van der Waals surface area contributed by atoms with Crippen LogP contribution in [0.5, 0.6) is 5.75 Å². The molecule has 0 spiro atoms. The van der Waals surface area contributed by atoms with Crippen LogP contribution >= 0.6 is 0 Å². The van der Waals surface area contributed by atoms with Gasteiger partial charge >= 0.3 is 5.84 Å². The Bertz CT molecular complexity index is 1620. The number of ether oxygens (including phenoxy) is 1. The number of anilines is 1. The fourth-order valence-electron chi connectivity index (χ4n) is 3.66. The van der Waals surface area contributed by atoms with Crippen molar-refractivity contribution in [3.63, 3.8) is 0 Å². The number of methoxy groups -OCH3 is 1. The van der Waals surface area contributed by atoms with Crippen LogP contribution in [0.2, 0.25) is 0 Å². The topological polar surface area (TPSA) is 124 Å². The number of fused-ring (bicyclic) bond motifs is 1. The van der Waals surface area contributed by atoms with Gasteiger partial charge in [-0.25, -0.2) is 27.5 Å². The number of nitrogens with zero attached hydrogens (tertiary/aromatic N) is 4. The number of benzene rings is 2. The summed E-state index contributed by atoms with van der Waals surface area (Å²) in [6.07, 6.45) is 4.78. The first-order valence-corrected chi connectivity index (χ1v) is 12.4. The third kappa shape index (κ3) is 4.63. The molecule has 0 aliphatic heterocycles. The molecule has 0 fully saturated rings. The molecule has 0 unspecified atom stereocenters. The quantitative estimate of drug-likeness (QED) is 0.290. The van der Waals surface area contributed by atoms with E-state index >= 15 is 0 Å². The minimum Gasteiger partial charge on any atom is -0.494 e. The molecule has 12 heteroatoms. The molecule has 0 aliphatic rings. The number of aromatic nitrogens is 4. The Morgan fingerprint density at radius 2 is 1.92 bits per heavy atom. The summed E-state index contributed by atoms with van der Waals surface area (Å²) in [7, 11) is -2.22. The summed E-state index contributed by atoms with van der Waals surface area (Å²) in [4.78, 5) is 13.5. The maximum Gasteiger partial charge on any atom is 0.306 e. The largest absolute Gasteiger partial charge is 0.494 e. The average Bonchev–Trinajstić information content (AvgIpc) is 3.49. The first-order valence-electron chi connectivity index (χ1n) is 10.9. The summed E-state index contributed by atoms with van der Waals surface area (Å²) in [6, 6.07) is 14.3. The Morgan fingerprint density at radius 3 is 2.72 bits per heavy atom. The van der Waals surface area contributed by atoms with E-state index in [1.807, 2.05) is 0 Å². The molecule has 2 N–H and O–H groups in total. The van der Waals surface area contributed by atoms with Crippen LogP contribution in [0.25, 0.3) is 28.5 Å². The predicted molar refractivity (Wildman–Crippen MR) is 131 cm³/mol. The highest BCUT2D eigenvalue weighted by molar-refractivity contribution is 7.89. The van der Waals surface area contributed by atoms with Crippen LogP contribution in [-0.4, -0.2) is 48.0 Å². The number of halogens is 1. The van der Waals surface area contributed by atoms with E-state index < -0.39 is 15.8 Å². The summed E-state index contributed by atoms with van der Waals surface area (Å²) in [6.45, 7) is 0.384. The van der Waals surface area contributed by atoms with Crippen molar-refractivity contribution in [2.45, 2.75) is 4.90 Å². The minimum atomic E-state index is -3.61. The first kappa shape index (κ1) is 23.5. The van der Waals surface area contributed by atoms with Gasteiger partial charge in [0.2, 0.25) is 16.0 Å². The monoisotopic (exact) mass is 508 g/mol. The predicted octanol–water partition coefficient (Wildman–Crippen LogP) is 3.59. The van der Waals surface area contributed by atoms with Gasteiger partial charge in [-0.2, -0.15) is 4.98 Å². The van der Waals surface area contributed by atoms with Gasteiger partial charge in [0.05, 0.1) is 17.7 Å². The smallest absolute Gasteiger partial charge is 0.306 e. The molecule has 0 bridgehead atoms. The highest BCUT2D eigenvalue weighted by Gasteiger charge is 2.20. The van der Waals surface area contributed by atoms with Gasteiger partial charge in [0, 0.05) is 31.0 Å². The van der Waals surface area contributed by atoms with Crippen LogP contribution in [-0.2, 0) is 10.0 Å². The molecule has 2 aromatic carbocycles. The Labute approximate surface area is 205 Å². The van der Waals surface area contributed by atoms with E-state index in [1.54, 1.807) is 53.2 Å². The number of rotatable bonds is 9. The fourth-order valence-corrected chi connectivity index (χ4v) is 4.71. The van der Waals surface area contributed by atoms with E-state index in [0.29, 0.717) is 34.4 Å². The molecule has 3 aromatic heterocycles. The molecule has 10 nitrogen and oxygen atoms in total. The Morgan fingerprint density at radius 1 is 1.08 bits per heavy atom. The maximum absolute atomic E-state index is 14.0. The van der Waals surface area contributed by atoms with E-state index in [4.69, 9.17) is 9.15 Å². The van der Waals surface area contributed by atoms with Gasteiger partial charge in [-0.3, -0.25) is 4.40 Å². The van der Waals surface area contributed by atoms with Crippen LogP contribution in [0.15, 0.2) is 82.6 Å². The van der Waals surface area contributed by atoms with E-state index in [1.165, 1.54) is 31.6 Å². The van der Waals surface area contributed by atoms with Crippen molar-refractivity contribution in [3.05, 3.63) is 79.1 Å². The fraction of sp³-hybridized carbons (Fsp3) is 0.125. The third-order valence-corrected chi connectivity index (χ3v) is 6.82. The van der Waals surface area contributed by atoms with Gasteiger partial charge in [0.25, 0.3) is 0 Å². The normalized spacial score (nSPS) is 11.6. The SMILES string of the molecule is COc1cc(-c2nc3occn3c2-c2ccnc(NCCNS(=O)(=O)c3ccccc3)n2)ccc1F. The number of oxazole rings is 1. The lowest BCUT2D eigenvalue weighted by molar-refractivity contribution is 0.387. The van der Waals surface area contributed by atoms with Crippen molar-refractivity contribution in [3.8, 4) is 28.4 Å². The summed E-state index contributed by atoms with van der Waals surface area (Å²) in [5.41, 5.74) is 2.28. The van der Waals surface area contributed by atoms with Crippen molar-refractivity contribution >= 4 is 21.8 Å².